The number of nitrogens with one attached hydrogen (secondary N) is 2. The highest BCUT2D eigenvalue weighted by atomic mass is 19.1. The summed E-state index contributed by atoms with van der Waals surface area (Å²) in [7, 11) is 0. The van der Waals surface area contributed by atoms with Crippen LogP contribution in [0.2, 0.25) is 0 Å². The zero-order chi connectivity index (χ0) is 29.9. The molecule has 4 aromatic rings. The Balaban J connectivity index is 0.000000390. The van der Waals surface area contributed by atoms with E-state index in [1.807, 2.05) is 50.4 Å². The summed E-state index contributed by atoms with van der Waals surface area (Å²) in [6.45, 7) is 11.8. The van der Waals surface area contributed by atoms with Crippen molar-refractivity contribution in [3.05, 3.63) is 96.1 Å². The molecule has 0 amide bonds. The number of H-pyrrole nitrogens is 1. The first-order chi connectivity index (χ1) is 20.5. The van der Waals surface area contributed by atoms with Gasteiger partial charge in [0, 0.05) is 37.2 Å². The van der Waals surface area contributed by atoms with Gasteiger partial charge in [0.2, 0.25) is 0 Å². The second kappa shape index (κ2) is 15.1. The number of nitrogens with zero attached hydrogens (tertiary/aromatic N) is 3. The molecule has 2 aliphatic rings. The molecule has 42 heavy (non-hydrogen) atoms. The summed E-state index contributed by atoms with van der Waals surface area (Å²) in [5, 5.41) is 3.48. The minimum Gasteiger partial charge on any atom is -0.457 e. The van der Waals surface area contributed by atoms with Crippen LogP contribution in [0.4, 0.5) is 16.0 Å². The van der Waals surface area contributed by atoms with Crippen LogP contribution in [0.15, 0.2) is 67.9 Å². The molecule has 3 heterocycles. The number of hydrogen-bond acceptors (Lipinski definition) is 7. The van der Waals surface area contributed by atoms with E-state index in [4.69, 9.17) is 15.2 Å². The van der Waals surface area contributed by atoms with Gasteiger partial charge in [0.1, 0.15) is 35.3 Å². The summed E-state index contributed by atoms with van der Waals surface area (Å²) in [6, 6.07) is 12.7. The van der Waals surface area contributed by atoms with Gasteiger partial charge in [0.05, 0.1) is 11.9 Å². The molecule has 2 fully saturated rings. The Labute approximate surface area is 247 Å². The summed E-state index contributed by atoms with van der Waals surface area (Å²) >= 11 is 0. The van der Waals surface area contributed by atoms with Gasteiger partial charge in [0.15, 0.2) is 0 Å². The predicted octanol–water partition coefficient (Wildman–Crippen LogP) is 7.52. The van der Waals surface area contributed by atoms with Crippen LogP contribution in [-0.4, -0.2) is 39.2 Å². The third-order valence-corrected chi connectivity index (χ3v) is 7.06. The molecule has 4 N–H and O–H groups in total. The van der Waals surface area contributed by atoms with Gasteiger partial charge in [-0.25, -0.2) is 19.3 Å². The molecule has 1 saturated heterocycles. The third-order valence-electron chi connectivity index (χ3n) is 7.06. The number of imidazole rings is 1. The Morgan fingerprint density at radius 1 is 1.07 bits per heavy atom. The number of aromatic nitrogens is 4. The summed E-state index contributed by atoms with van der Waals surface area (Å²) in [4.78, 5) is 15.4. The number of aromatic amines is 1. The maximum Gasteiger partial charge on any atom is 0.139 e. The fraction of sp³-hybridized carbons (Fsp3) is 0.364. The van der Waals surface area contributed by atoms with Crippen molar-refractivity contribution in [2.45, 2.75) is 64.8 Å². The quantitative estimate of drug-likeness (QED) is 0.200. The SMILES string of the molecule is C=C(c1ccc(Oc2cc(F)cc(C3CC3)c2)cc1)c1c(N)ncnc1NC1CCOCC1.CC.CCc1cnc[nH]1. The van der Waals surface area contributed by atoms with Crippen LogP contribution in [0.1, 0.15) is 74.8 Å². The molecule has 222 valence electrons. The lowest BCUT2D eigenvalue weighted by Crippen LogP contribution is -2.28. The van der Waals surface area contributed by atoms with E-state index in [9.17, 15) is 4.39 Å². The Bertz CT molecular complexity index is 1420. The zero-order valence-electron chi connectivity index (χ0n) is 24.7. The molecule has 1 saturated carbocycles. The average Bonchev–Trinajstić information content (AvgIpc) is 3.73. The van der Waals surface area contributed by atoms with Crippen LogP contribution in [0.25, 0.3) is 5.57 Å². The minimum atomic E-state index is -0.275. The van der Waals surface area contributed by atoms with E-state index >= 15 is 0 Å². The van der Waals surface area contributed by atoms with Crippen molar-refractivity contribution in [3.63, 3.8) is 0 Å². The van der Waals surface area contributed by atoms with E-state index in [1.54, 1.807) is 12.4 Å². The lowest BCUT2D eigenvalue weighted by atomic mass is 9.99. The number of hydrogen-bond donors (Lipinski definition) is 3. The van der Waals surface area contributed by atoms with Crippen molar-refractivity contribution >= 4 is 17.2 Å². The zero-order valence-corrected chi connectivity index (χ0v) is 24.7. The van der Waals surface area contributed by atoms with Crippen molar-refractivity contribution in [2.75, 3.05) is 24.3 Å². The van der Waals surface area contributed by atoms with E-state index in [0.717, 1.165) is 62.0 Å². The number of anilines is 2. The van der Waals surface area contributed by atoms with Crippen molar-refractivity contribution in [3.8, 4) is 11.5 Å². The molecule has 0 unspecified atom stereocenters. The third kappa shape index (κ3) is 8.39. The first-order valence-corrected chi connectivity index (χ1v) is 14.7. The molecule has 1 aliphatic carbocycles. The van der Waals surface area contributed by atoms with Crippen LogP contribution in [-0.2, 0) is 11.2 Å². The minimum absolute atomic E-state index is 0.266. The first kappa shape index (κ1) is 30.7. The van der Waals surface area contributed by atoms with E-state index < -0.39 is 0 Å². The summed E-state index contributed by atoms with van der Waals surface area (Å²) < 4.78 is 25.4. The van der Waals surface area contributed by atoms with E-state index in [0.29, 0.717) is 34.6 Å². The smallest absolute Gasteiger partial charge is 0.139 e. The van der Waals surface area contributed by atoms with Crippen LogP contribution in [0, 0.1) is 5.82 Å². The lowest BCUT2D eigenvalue weighted by molar-refractivity contribution is 0.0904. The van der Waals surface area contributed by atoms with Crippen molar-refractivity contribution in [1.29, 1.82) is 0 Å². The van der Waals surface area contributed by atoms with Crippen molar-refractivity contribution in [1.82, 2.24) is 19.9 Å². The monoisotopic (exact) mass is 572 g/mol. The number of nitrogens with two attached hydrogens (primary N) is 1. The van der Waals surface area contributed by atoms with Gasteiger partial charge in [-0.2, -0.15) is 0 Å². The molecular formula is C33H41FN6O2. The van der Waals surface area contributed by atoms with Gasteiger partial charge < -0.3 is 25.5 Å². The predicted molar refractivity (Wildman–Crippen MR) is 166 cm³/mol. The molecule has 6 rings (SSSR count). The maximum absolute atomic E-state index is 14.0. The summed E-state index contributed by atoms with van der Waals surface area (Å²) in [5.41, 5.74) is 10.7. The molecule has 9 heteroatoms. The van der Waals surface area contributed by atoms with Crippen LogP contribution < -0.4 is 15.8 Å². The summed E-state index contributed by atoms with van der Waals surface area (Å²) in [5.74, 6) is 2.35. The Hall–Kier alpha value is -4.24. The van der Waals surface area contributed by atoms with Crippen molar-refractivity contribution < 1.29 is 13.9 Å². The van der Waals surface area contributed by atoms with Gasteiger partial charge in [0.25, 0.3) is 0 Å². The Kier molecular flexibility index (Phi) is 11.1. The normalized spacial score (nSPS) is 14.6. The molecule has 2 aromatic carbocycles. The van der Waals surface area contributed by atoms with E-state index in [1.165, 1.54) is 18.1 Å². The fourth-order valence-electron chi connectivity index (χ4n) is 4.62. The second-order valence-corrected chi connectivity index (χ2v) is 10.0. The van der Waals surface area contributed by atoms with Crippen LogP contribution in [0.5, 0.6) is 11.5 Å². The molecule has 0 bridgehead atoms. The number of nitrogen functional groups attached to an aromatic ring is 1. The molecular weight excluding hydrogens is 531 g/mol. The van der Waals surface area contributed by atoms with Crippen molar-refractivity contribution in [2.24, 2.45) is 0 Å². The largest absolute Gasteiger partial charge is 0.457 e. The highest BCUT2D eigenvalue weighted by molar-refractivity contribution is 5.88. The number of ether oxygens (including phenoxy) is 2. The molecule has 1 aliphatic heterocycles. The first-order valence-electron chi connectivity index (χ1n) is 14.7. The second-order valence-electron chi connectivity index (χ2n) is 10.0. The summed E-state index contributed by atoms with van der Waals surface area (Å²) in [6.07, 6.45) is 10.1. The molecule has 8 nitrogen and oxygen atoms in total. The molecule has 0 spiro atoms. The van der Waals surface area contributed by atoms with Gasteiger partial charge >= 0.3 is 0 Å². The Morgan fingerprint density at radius 3 is 2.43 bits per heavy atom. The van der Waals surface area contributed by atoms with Gasteiger partial charge in [-0.3, -0.25) is 0 Å². The number of benzene rings is 2. The molecule has 2 aromatic heterocycles. The van der Waals surface area contributed by atoms with Gasteiger partial charge in [-0.1, -0.05) is 39.5 Å². The number of rotatable bonds is 8. The van der Waals surface area contributed by atoms with Gasteiger partial charge in [-0.05, 0) is 79.0 Å². The highest BCUT2D eigenvalue weighted by Gasteiger charge is 2.25. The standard InChI is InChI=1S/C26H27FN4O2.C5H8N2.C2H6/c1-16(24-25(28)29-15-30-26(24)31-21-8-10-32-11-9-21)17-4-6-22(7-5-17)33-23-13-19(18-2-3-18)12-20(27)14-23;1-2-5-3-6-4-7-5;1-2/h4-7,12-15,18,21H,1-3,8-11H2,(H3,28,29,30,31);3-4H,2H2,1H3,(H,6,7);1-2H3. The van der Waals surface area contributed by atoms with E-state index in [2.05, 4.69) is 38.8 Å². The number of aryl methyl sites for hydroxylation is 1. The average molecular weight is 573 g/mol. The topological polar surface area (TPSA) is 111 Å². The maximum atomic E-state index is 14.0. The van der Waals surface area contributed by atoms with Gasteiger partial charge in [-0.15, -0.1) is 0 Å². The lowest BCUT2D eigenvalue weighted by Gasteiger charge is -2.25. The number of halogens is 1. The van der Waals surface area contributed by atoms with Crippen LogP contribution >= 0.6 is 0 Å². The molecule has 0 atom stereocenters. The fourth-order valence-corrected chi connectivity index (χ4v) is 4.62. The molecule has 0 radical (unpaired) electrons. The van der Waals surface area contributed by atoms with Crippen LogP contribution in [0.3, 0.4) is 0 Å². The van der Waals surface area contributed by atoms with E-state index in [-0.39, 0.29) is 11.9 Å². The highest BCUT2D eigenvalue weighted by Crippen LogP contribution is 2.42. The Morgan fingerprint density at radius 2 is 1.81 bits per heavy atom.